The average molecular weight is 183 g/mol. The second-order valence-electron chi connectivity index (χ2n) is 3.11. The molecule has 0 saturated carbocycles. The zero-order valence-electron chi connectivity index (χ0n) is 7.49. The molecule has 4 heteroatoms. The number of rotatable bonds is 6. The summed E-state index contributed by atoms with van der Waals surface area (Å²) in [5, 5.41) is 9.04. The molecule has 1 atom stereocenters. The van der Waals surface area contributed by atoms with E-state index >= 15 is 0 Å². The smallest absolute Gasteiger partial charge is 0.294 e. The Morgan fingerprint density at radius 2 is 2.38 bits per heavy atom. The molecule has 0 heterocycles. The third-order valence-corrected chi connectivity index (χ3v) is 2.07. The van der Waals surface area contributed by atoms with Gasteiger partial charge < -0.3 is 4.84 Å². The molecule has 4 nitrogen and oxygen atoms in total. The van der Waals surface area contributed by atoms with Crippen LogP contribution in [0.3, 0.4) is 0 Å². The third-order valence-electron chi connectivity index (χ3n) is 2.07. The van der Waals surface area contributed by atoms with Crippen LogP contribution in [0, 0.1) is 27.9 Å². The monoisotopic (exact) mass is 183 g/mol. The molecule has 1 unspecified atom stereocenters. The first kappa shape index (κ1) is 9.85. The highest BCUT2D eigenvalue weighted by atomic mass is 16.9. The van der Waals surface area contributed by atoms with Gasteiger partial charge in [0.25, 0.3) is 5.09 Å². The van der Waals surface area contributed by atoms with Crippen LogP contribution >= 0.6 is 0 Å². The lowest BCUT2D eigenvalue weighted by Crippen LogP contribution is -2.02. The molecule has 0 radical (unpaired) electrons. The van der Waals surface area contributed by atoms with Crippen molar-refractivity contribution < 1.29 is 9.92 Å². The van der Waals surface area contributed by atoms with Crippen molar-refractivity contribution in [1.29, 1.82) is 0 Å². The molecule has 0 aliphatic heterocycles. The topological polar surface area (TPSA) is 52.4 Å². The predicted octanol–water partition coefficient (Wildman–Crippen LogP) is 1.78. The summed E-state index contributed by atoms with van der Waals surface area (Å²) in [6.07, 6.45) is 4.91. The number of hydrogen-bond donors (Lipinski definition) is 0. The van der Waals surface area contributed by atoms with E-state index in [9.17, 15) is 10.1 Å². The zero-order chi connectivity index (χ0) is 9.52. The van der Waals surface area contributed by atoms with Gasteiger partial charge in [-0.25, -0.2) is 0 Å². The molecule has 0 saturated heterocycles. The molecule has 72 valence electrons. The standard InChI is InChI=1S/C9H13NO3/c11-10(12)13-8-4-3-7-9-5-1-2-6-9/h9H,1,3-5,7-8H2. The first-order valence-corrected chi connectivity index (χ1v) is 4.55. The van der Waals surface area contributed by atoms with Crippen molar-refractivity contribution in [3.8, 4) is 11.8 Å². The van der Waals surface area contributed by atoms with E-state index in [1.165, 1.54) is 0 Å². The summed E-state index contributed by atoms with van der Waals surface area (Å²) in [5.41, 5.74) is 0. The summed E-state index contributed by atoms with van der Waals surface area (Å²) in [6.45, 7) is 0.215. The maximum atomic E-state index is 9.78. The van der Waals surface area contributed by atoms with Gasteiger partial charge in [-0.05, 0) is 19.3 Å². The van der Waals surface area contributed by atoms with Crippen LogP contribution in [0.1, 0.15) is 32.1 Å². The Morgan fingerprint density at radius 1 is 1.54 bits per heavy atom. The Morgan fingerprint density at radius 3 is 3.00 bits per heavy atom. The van der Waals surface area contributed by atoms with Crippen LogP contribution in [-0.2, 0) is 4.84 Å². The van der Waals surface area contributed by atoms with Gasteiger partial charge in [0.05, 0.1) is 6.61 Å². The Bertz CT molecular complexity index is 229. The van der Waals surface area contributed by atoms with E-state index in [0.717, 1.165) is 32.1 Å². The lowest BCUT2D eigenvalue weighted by Gasteiger charge is -2.04. The second kappa shape index (κ2) is 5.41. The molecule has 13 heavy (non-hydrogen) atoms. The van der Waals surface area contributed by atoms with Gasteiger partial charge >= 0.3 is 0 Å². The molecular formula is C9H13NO3. The summed E-state index contributed by atoms with van der Waals surface area (Å²) >= 11 is 0. The summed E-state index contributed by atoms with van der Waals surface area (Å²) in [4.78, 5) is 14.0. The molecule has 1 aliphatic rings. The maximum absolute atomic E-state index is 9.78. The molecule has 0 spiro atoms. The molecule has 0 aromatic rings. The van der Waals surface area contributed by atoms with Crippen LogP contribution in [0.2, 0.25) is 0 Å². The highest BCUT2D eigenvalue weighted by molar-refractivity contribution is 5.10. The van der Waals surface area contributed by atoms with E-state index in [4.69, 9.17) is 0 Å². The highest BCUT2D eigenvalue weighted by Gasteiger charge is 2.07. The molecule has 1 aliphatic carbocycles. The van der Waals surface area contributed by atoms with Crippen molar-refractivity contribution in [3.63, 3.8) is 0 Å². The minimum atomic E-state index is -0.741. The Kier molecular flexibility index (Phi) is 4.10. The highest BCUT2D eigenvalue weighted by Crippen LogP contribution is 2.17. The first-order chi connectivity index (χ1) is 6.29. The molecule has 0 aromatic heterocycles. The molecule has 0 amide bonds. The number of unbranched alkanes of at least 4 members (excludes halogenated alkanes) is 1. The lowest BCUT2D eigenvalue weighted by molar-refractivity contribution is -0.757. The largest absolute Gasteiger partial charge is 0.314 e. The van der Waals surface area contributed by atoms with Crippen LogP contribution in [0.5, 0.6) is 0 Å². The van der Waals surface area contributed by atoms with E-state index in [0.29, 0.717) is 5.92 Å². The van der Waals surface area contributed by atoms with Gasteiger partial charge in [-0.1, -0.05) is 12.3 Å². The van der Waals surface area contributed by atoms with Gasteiger partial charge in [-0.2, -0.15) is 0 Å². The second-order valence-corrected chi connectivity index (χ2v) is 3.11. The van der Waals surface area contributed by atoms with Crippen molar-refractivity contribution in [2.24, 2.45) is 5.92 Å². The molecule has 0 fully saturated rings. The number of hydrogen-bond acceptors (Lipinski definition) is 3. The molecule has 0 bridgehead atoms. The van der Waals surface area contributed by atoms with Crippen molar-refractivity contribution in [1.82, 2.24) is 0 Å². The van der Waals surface area contributed by atoms with Gasteiger partial charge in [0.1, 0.15) is 0 Å². The van der Waals surface area contributed by atoms with E-state index in [1.807, 2.05) is 0 Å². The average Bonchev–Trinajstić information content (AvgIpc) is 2.55. The Hall–Kier alpha value is -1.24. The Balaban J connectivity index is 1.90. The fourth-order valence-electron chi connectivity index (χ4n) is 1.38. The van der Waals surface area contributed by atoms with Crippen LogP contribution in [0.4, 0.5) is 0 Å². The van der Waals surface area contributed by atoms with Gasteiger partial charge in [-0.15, -0.1) is 16.0 Å². The van der Waals surface area contributed by atoms with Crippen LogP contribution < -0.4 is 0 Å². The summed E-state index contributed by atoms with van der Waals surface area (Å²) < 4.78 is 0. The van der Waals surface area contributed by atoms with Gasteiger partial charge in [-0.3, -0.25) is 0 Å². The molecule has 0 aromatic carbocycles. The fourth-order valence-corrected chi connectivity index (χ4v) is 1.38. The van der Waals surface area contributed by atoms with E-state index in [-0.39, 0.29) is 6.61 Å². The summed E-state index contributed by atoms with van der Waals surface area (Å²) in [5.74, 6) is 6.70. The number of nitrogens with zero attached hydrogens (tertiary/aromatic N) is 1. The van der Waals surface area contributed by atoms with E-state index in [1.54, 1.807) is 0 Å². The van der Waals surface area contributed by atoms with Crippen LogP contribution in [-0.4, -0.2) is 11.7 Å². The molecule has 0 N–H and O–H groups in total. The fraction of sp³-hybridized carbons (Fsp3) is 0.778. The minimum absolute atomic E-state index is 0.215. The normalized spacial score (nSPS) is 19.2. The van der Waals surface area contributed by atoms with Crippen molar-refractivity contribution >= 4 is 0 Å². The van der Waals surface area contributed by atoms with Gasteiger partial charge in [0.2, 0.25) is 0 Å². The summed E-state index contributed by atoms with van der Waals surface area (Å²) in [7, 11) is 0. The lowest BCUT2D eigenvalue weighted by atomic mass is 10.0. The quantitative estimate of drug-likeness (QED) is 0.273. The third kappa shape index (κ3) is 4.36. The zero-order valence-corrected chi connectivity index (χ0v) is 7.49. The van der Waals surface area contributed by atoms with Crippen molar-refractivity contribution in [2.45, 2.75) is 32.1 Å². The van der Waals surface area contributed by atoms with Crippen molar-refractivity contribution in [2.75, 3.05) is 6.61 Å². The molecular weight excluding hydrogens is 170 g/mol. The van der Waals surface area contributed by atoms with Gasteiger partial charge in [0, 0.05) is 12.3 Å². The van der Waals surface area contributed by atoms with E-state index < -0.39 is 5.09 Å². The first-order valence-electron chi connectivity index (χ1n) is 4.55. The van der Waals surface area contributed by atoms with Gasteiger partial charge in [0.15, 0.2) is 0 Å². The minimum Gasteiger partial charge on any atom is -0.314 e. The van der Waals surface area contributed by atoms with Crippen LogP contribution in [0.25, 0.3) is 0 Å². The Labute approximate surface area is 77.4 Å². The van der Waals surface area contributed by atoms with Crippen LogP contribution in [0.15, 0.2) is 0 Å². The molecule has 1 rings (SSSR count). The van der Waals surface area contributed by atoms with Crippen molar-refractivity contribution in [3.05, 3.63) is 10.1 Å². The van der Waals surface area contributed by atoms with E-state index in [2.05, 4.69) is 16.7 Å². The summed E-state index contributed by atoms with van der Waals surface area (Å²) in [6, 6.07) is 0. The SMILES string of the molecule is O=[N+]([O-])OCCCCC1C#CCC1. The predicted molar refractivity (Wildman–Crippen MR) is 47.3 cm³/mol. The maximum Gasteiger partial charge on any atom is 0.294 e.